The number of carbonyl (C=O) groups excluding carboxylic acids is 1. The molecule has 0 spiro atoms. The molecule has 0 N–H and O–H groups in total. The van der Waals surface area contributed by atoms with E-state index in [1.807, 2.05) is 17.0 Å². The van der Waals surface area contributed by atoms with Crippen molar-refractivity contribution in [2.24, 2.45) is 5.92 Å². The number of hydrogen-bond donors (Lipinski definition) is 0. The minimum atomic E-state index is -0.457. The Hall–Kier alpha value is -2.80. The van der Waals surface area contributed by atoms with Gasteiger partial charge in [0.1, 0.15) is 5.82 Å². The van der Waals surface area contributed by atoms with Crippen LogP contribution in [0.2, 0.25) is 5.02 Å². The van der Waals surface area contributed by atoms with Crippen LogP contribution in [0.4, 0.5) is 4.39 Å². The van der Waals surface area contributed by atoms with E-state index in [4.69, 9.17) is 11.6 Å². The van der Waals surface area contributed by atoms with Gasteiger partial charge in [-0.2, -0.15) is 15.0 Å². The average Bonchev–Trinajstić information content (AvgIpc) is 3.28. The molecular formula is C22H23ClFN5O. The third kappa shape index (κ3) is 4.36. The molecule has 4 rings (SSSR count). The topological polar surface area (TPSA) is 63.9 Å². The summed E-state index contributed by atoms with van der Waals surface area (Å²) in [5, 5.41) is 8.83. The number of amides is 1. The Labute approximate surface area is 179 Å². The van der Waals surface area contributed by atoms with Crippen LogP contribution in [-0.2, 0) is 6.42 Å². The van der Waals surface area contributed by atoms with Gasteiger partial charge in [0.25, 0.3) is 5.91 Å². The predicted octanol–water partition coefficient (Wildman–Crippen LogP) is 4.33. The van der Waals surface area contributed by atoms with Crippen molar-refractivity contribution in [3.05, 3.63) is 71.0 Å². The molecule has 0 unspecified atom stereocenters. The van der Waals surface area contributed by atoms with Gasteiger partial charge in [-0.05, 0) is 61.9 Å². The highest BCUT2D eigenvalue weighted by molar-refractivity contribution is 6.30. The molecule has 0 saturated carbocycles. The molecule has 1 aliphatic heterocycles. The van der Waals surface area contributed by atoms with E-state index < -0.39 is 5.82 Å². The molecule has 1 fully saturated rings. The molecule has 1 saturated heterocycles. The van der Waals surface area contributed by atoms with Crippen LogP contribution in [0.5, 0.6) is 0 Å². The van der Waals surface area contributed by atoms with Crippen LogP contribution >= 0.6 is 11.6 Å². The van der Waals surface area contributed by atoms with E-state index >= 15 is 0 Å². The van der Waals surface area contributed by atoms with E-state index in [0.29, 0.717) is 23.2 Å². The summed E-state index contributed by atoms with van der Waals surface area (Å²) in [6.45, 7) is 2.81. The molecule has 156 valence electrons. The lowest BCUT2D eigenvalue weighted by Crippen LogP contribution is -2.48. The standard InChI is InChI=1S/C22H23ClFN5O/c1-15-3-2-12-28(20(15)9-7-18-6-4-16(23)14-25-18)22(30)19-13-17(24)5-8-21(19)29-26-10-11-27-29/h4-6,8,10-11,13-15,20H,2-3,7,9,12H2,1H3/t15-,20-/m1/s1. The Morgan fingerprint density at radius 2 is 2.03 bits per heavy atom. The summed E-state index contributed by atoms with van der Waals surface area (Å²) < 4.78 is 14.1. The molecule has 30 heavy (non-hydrogen) atoms. The molecule has 0 bridgehead atoms. The van der Waals surface area contributed by atoms with Crippen molar-refractivity contribution < 1.29 is 9.18 Å². The first kappa shape index (κ1) is 20.5. The van der Waals surface area contributed by atoms with Gasteiger partial charge in [-0.25, -0.2) is 4.39 Å². The molecule has 6 nitrogen and oxygen atoms in total. The SMILES string of the molecule is C[C@@H]1CCCN(C(=O)c2cc(F)ccc2-n2nccn2)[C@@H]1CCc1ccc(Cl)cn1. The zero-order valence-electron chi connectivity index (χ0n) is 16.7. The summed E-state index contributed by atoms with van der Waals surface area (Å²) in [6.07, 6.45) is 8.20. The molecule has 3 aromatic rings. The van der Waals surface area contributed by atoms with Gasteiger partial charge in [-0.15, -0.1) is 0 Å². The zero-order valence-corrected chi connectivity index (χ0v) is 17.5. The molecule has 3 heterocycles. The molecule has 2 atom stereocenters. The summed E-state index contributed by atoms with van der Waals surface area (Å²) in [6, 6.07) is 7.92. The fourth-order valence-corrected chi connectivity index (χ4v) is 4.25. The Morgan fingerprint density at radius 3 is 2.77 bits per heavy atom. The first-order valence-corrected chi connectivity index (χ1v) is 10.5. The van der Waals surface area contributed by atoms with E-state index in [1.165, 1.54) is 29.3 Å². The van der Waals surface area contributed by atoms with Crippen molar-refractivity contribution in [2.75, 3.05) is 6.54 Å². The molecule has 1 aromatic carbocycles. The highest BCUT2D eigenvalue weighted by atomic mass is 35.5. The largest absolute Gasteiger partial charge is 0.335 e. The summed E-state index contributed by atoms with van der Waals surface area (Å²) in [7, 11) is 0. The van der Waals surface area contributed by atoms with Crippen LogP contribution in [0.3, 0.4) is 0 Å². The zero-order chi connectivity index (χ0) is 21.1. The second-order valence-electron chi connectivity index (χ2n) is 7.67. The lowest BCUT2D eigenvalue weighted by molar-refractivity contribution is 0.0498. The van der Waals surface area contributed by atoms with E-state index in [1.54, 1.807) is 12.3 Å². The van der Waals surface area contributed by atoms with E-state index in [9.17, 15) is 9.18 Å². The number of aryl methyl sites for hydroxylation is 1. The van der Waals surface area contributed by atoms with E-state index in [2.05, 4.69) is 22.1 Å². The second kappa shape index (κ2) is 8.92. The van der Waals surface area contributed by atoms with Crippen molar-refractivity contribution in [1.29, 1.82) is 0 Å². The predicted molar refractivity (Wildman–Crippen MR) is 112 cm³/mol. The molecule has 2 aromatic heterocycles. The van der Waals surface area contributed by atoms with Crippen molar-refractivity contribution in [3.8, 4) is 5.69 Å². The molecular weight excluding hydrogens is 405 g/mol. The molecule has 1 aliphatic rings. The minimum Gasteiger partial charge on any atom is -0.335 e. The summed E-state index contributed by atoms with van der Waals surface area (Å²) >= 11 is 5.93. The van der Waals surface area contributed by atoms with Crippen molar-refractivity contribution in [2.45, 2.75) is 38.6 Å². The van der Waals surface area contributed by atoms with E-state index in [-0.39, 0.29) is 17.5 Å². The Kier molecular flexibility index (Phi) is 6.08. The van der Waals surface area contributed by atoms with Gasteiger partial charge in [0, 0.05) is 24.5 Å². The number of halogens is 2. The maximum atomic E-state index is 14.1. The Bertz CT molecular complexity index is 1010. The number of aromatic nitrogens is 4. The van der Waals surface area contributed by atoms with Crippen molar-refractivity contribution in [3.63, 3.8) is 0 Å². The molecule has 1 amide bonds. The Balaban J connectivity index is 1.60. The van der Waals surface area contributed by atoms with Gasteiger partial charge in [-0.1, -0.05) is 18.5 Å². The quantitative estimate of drug-likeness (QED) is 0.608. The fourth-order valence-electron chi connectivity index (χ4n) is 4.14. The highest BCUT2D eigenvalue weighted by Crippen LogP contribution is 2.29. The normalized spacial score (nSPS) is 19.1. The number of nitrogens with zero attached hydrogens (tertiary/aromatic N) is 5. The van der Waals surface area contributed by atoms with Crippen LogP contribution in [0, 0.1) is 11.7 Å². The monoisotopic (exact) mass is 427 g/mol. The van der Waals surface area contributed by atoms with Gasteiger partial charge in [0.05, 0.1) is 28.7 Å². The van der Waals surface area contributed by atoms with Gasteiger partial charge in [0.15, 0.2) is 0 Å². The van der Waals surface area contributed by atoms with Crippen LogP contribution in [-0.4, -0.2) is 43.4 Å². The second-order valence-corrected chi connectivity index (χ2v) is 8.11. The van der Waals surface area contributed by atoms with Crippen molar-refractivity contribution in [1.82, 2.24) is 24.9 Å². The van der Waals surface area contributed by atoms with Gasteiger partial charge < -0.3 is 4.90 Å². The third-order valence-electron chi connectivity index (χ3n) is 5.68. The van der Waals surface area contributed by atoms with E-state index in [0.717, 1.165) is 31.4 Å². The number of pyridine rings is 1. The number of benzene rings is 1. The number of rotatable bonds is 5. The summed E-state index contributed by atoms with van der Waals surface area (Å²) in [5.74, 6) is -0.307. The lowest BCUT2D eigenvalue weighted by Gasteiger charge is -2.40. The number of hydrogen-bond acceptors (Lipinski definition) is 4. The maximum Gasteiger partial charge on any atom is 0.256 e. The highest BCUT2D eigenvalue weighted by Gasteiger charge is 2.33. The van der Waals surface area contributed by atoms with Crippen LogP contribution in [0.15, 0.2) is 48.9 Å². The summed E-state index contributed by atoms with van der Waals surface area (Å²) in [5.41, 5.74) is 1.69. The average molecular weight is 428 g/mol. The van der Waals surface area contributed by atoms with Crippen LogP contribution in [0.1, 0.15) is 42.2 Å². The van der Waals surface area contributed by atoms with Crippen molar-refractivity contribution >= 4 is 17.5 Å². The number of carbonyl (C=O) groups is 1. The Morgan fingerprint density at radius 1 is 1.23 bits per heavy atom. The molecule has 0 radical (unpaired) electrons. The molecule has 8 heteroatoms. The third-order valence-corrected chi connectivity index (χ3v) is 5.91. The van der Waals surface area contributed by atoms with Crippen LogP contribution in [0.25, 0.3) is 5.69 Å². The summed E-state index contributed by atoms with van der Waals surface area (Å²) in [4.78, 5) is 21.1. The fraction of sp³-hybridized carbons (Fsp3) is 0.364. The number of piperidine rings is 1. The number of likely N-dealkylation sites (tertiary alicyclic amines) is 1. The smallest absolute Gasteiger partial charge is 0.256 e. The first-order valence-electron chi connectivity index (χ1n) is 10.1. The first-order chi connectivity index (χ1) is 14.5. The maximum absolute atomic E-state index is 14.1. The van der Waals surface area contributed by atoms with Gasteiger partial charge >= 0.3 is 0 Å². The van der Waals surface area contributed by atoms with Gasteiger partial charge in [0.2, 0.25) is 0 Å². The lowest BCUT2D eigenvalue weighted by atomic mass is 9.87. The minimum absolute atomic E-state index is 0.0467. The van der Waals surface area contributed by atoms with Gasteiger partial charge in [-0.3, -0.25) is 9.78 Å². The van der Waals surface area contributed by atoms with Crippen LogP contribution < -0.4 is 0 Å². The molecule has 0 aliphatic carbocycles.